The van der Waals surface area contributed by atoms with Gasteiger partial charge in [-0.15, -0.1) is 10.2 Å². The zero-order chi connectivity index (χ0) is 19.2. The van der Waals surface area contributed by atoms with E-state index in [9.17, 15) is 0 Å². The van der Waals surface area contributed by atoms with Crippen molar-refractivity contribution in [3.8, 4) is 5.75 Å². The number of pyridine rings is 1. The first-order valence-corrected chi connectivity index (χ1v) is 10.1. The third-order valence-corrected chi connectivity index (χ3v) is 5.15. The van der Waals surface area contributed by atoms with Gasteiger partial charge in [-0.25, -0.2) is 0 Å². The summed E-state index contributed by atoms with van der Waals surface area (Å²) in [7, 11) is 0. The van der Waals surface area contributed by atoms with Gasteiger partial charge in [0.25, 0.3) is 0 Å². The van der Waals surface area contributed by atoms with Crippen LogP contribution in [0.5, 0.6) is 5.75 Å². The van der Waals surface area contributed by atoms with Crippen molar-refractivity contribution in [2.45, 2.75) is 58.3 Å². The predicted molar refractivity (Wildman–Crippen MR) is 108 cm³/mol. The van der Waals surface area contributed by atoms with Crippen molar-refractivity contribution in [2.24, 2.45) is 0 Å². The second kappa shape index (κ2) is 8.97. The SMILES string of the molecule is CC(NCc1cccc(OCc2ccccn2)c1)c1nnc2n1CCCCC2. The van der Waals surface area contributed by atoms with E-state index in [0.29, 0.717) is 6.61 Å². The summed E-state index contributed by atoms with van der Waals surface area (Å²) in [5.41, 5.74) is 2.10. The lowest BCUT2D eigenvalue weighted by atomic mass is 10.2. The van der Waals surface area contributed by atoms with E-state index in [4.69, 9.17) is 4.74 Å². The number of ether oxygens (including phenoxy) is 1. The molecule has 0 aliphatic carbocycles. The van der Waals surface area contributed by atoms with E-state index in [0.717, 1.165) is 42.6 Å². The van der Waals surface area contributed by atoms with E-state index in [1.807, 2.05) is 30.3 Å². The number of fused-ring (bicyclic) bond motifs is 1. The highest BCUT2D eigenvalue weighted by Crippen LogP contribution is 2.20. The largest absolute Gasteiger partial charge is 0.487 e. The van der Waals surface area contributed by atoms with E-state index in [1.165, 1.54) is 24.8 Å². The van der Waals surface area contributed by atoms with Gasteiger partial charge in [0.05, 0.1) is 11.7 Å². The lowest BCUT2D eigenvalue weighted by Gasteiger charge is -2.16. The van der Waals surface area contributed by atoms with Crippen LogP contribution >= 0.6 is 0 Å². The van der Waals surface area contributed by atoms with Crippen molar-refractivity contribution < 1.29 is 4.74 Å². The van der Waals surface area contributed by atoms with Crippen molar-refractivity contribution >= 4 is 0 Å². The summed E-state index contributed by atoms with van der Waals surface area (Å²) in [5.74, 6) is 3.03. The first kappa shape index (κ1) is 18.6. The number of aromatic nitrogens is 4. The van der Waals surface area contributed by atoms with Crippen LogP contribution in [-0.4, -0.2) is 19.7 Å². The number of rotatable bonds is 7. The summed E-state index contributed by atoms with van der Waals surface area (Å²) in [6.45, 7) is 4.41. The monoisotopic (exact) mass is 377 g/mol. The minimum Gasteiger partial charge on any atom is -0.487 e. The molecule has 1 N–H and O–H groups in total. The van der Waals surface area contributed by atoms with Crippen LogP contribution in [0.25, 0.3) is 0 Å². The first-order chi connectivity index (χ1) is 13.8. The van der Waals surface area contributed by atoms with Crippen LogP contribution in [0.4, 0.5) is 0 Å². The van der Waals surface area contributed by atoms with Gasteiger partial charge in [-0.1, -0.05) is 24.6 Å². The second-order valence-electron chi connectivity index (χ2n) is 7.30. The number of hydrogen-bond acceptors (Lipinski definition) is 5. The Balaban J connectivity index is 1.35. The standard InChI is InChI=1S/C22H27N5O/c1-17(22-26-25-21-11-3-2-6-13-27(21)22)24-15-18-8-7-10-20(14-18)28-16-19-9-4-5-12-23-19/h4-5,7-10,12,14,17,24H,2-3,6,11,13,15-16H2,1H3. The molecule has 6 nitrogen and oxygen atoms in total. The maximum absolute atomic E-state index is 5.88. The fraction of sp³-hybridized carbons (Fsp3) is 0.409. The highest BCUT2D eigenvalue weighted by molar-refractivity contribution is 5.28. The summed E-state index contributed by atoms with van der Waals surface area (Å²) in [6.07, 6.45) is 6.52. The van der Waals surface area contributed by atoms with Crippen LogP contribution < -0.4 is 10.1 Å². The van der Waals surface area contributed by atoms with E-state index >= 15 is 0 Å². The van der Waals surface area contributed by atoms with Crippen molar-refractivity contribution in [1.82, 2.24) is 25.1 Å². The third kappa shape index (κ3) is 4.57. The molecule has 0 spiro atoms. The van der Waals surface area contributed by atoms with Crippen LogP contribution in [0, 0.1) is 0 Å². The predicted octanol–water partition coefficient (Wildman–Crippen LogP) is 3.83. The molecule has 3 heterocycles. The zero-order valence-corrected chi connectivity index (χ0v) is 16.3. The summed E-state index contributed by atoms with van der Waals surface area (Å²) >= 11 is 0. The average Bonchev–Trinajstić information content (AvgIpc) is 3.00. The number of aryl methyl sites for hydroxylation is 1. The van der Waals surface area contributed by atoms with E-state index in [-0.39, 0.29) is 6.04 Å². The molecule has 1 unspecified atom stereocenters. The Hall–Kier alpha value is -2.73. The Bertz CT molecular complexity index is 893. The van der Waals surface area contributed by atoms with Crippen LogP contribution in [0.2, 0.25) is 0 Å². The molecule has 1 aromatic carbocycles. The molecule has 2 aromatic heterocycles. The van der Waals surface area contributed by atoms with E-state index < -0.39 is 0 Å². The minimum absolute atomic E-state index is 0.150. The van der Waals surface area contributed by atoms with Crippen LogP contribution in [0.1, 0.15) is 55.1 Å². The normalized spacial score (nSPS) is 14.9. The third-order valence-electron chi connectivity index (χ3n) is 5.15. The molecule has 146 valence electrons. The molecule has 0 amide bonds. The summed E-state index contributed by atoms with van der Waals surface area (Å²) in [4.78, 5) is 4.29. The summed E-state index contributed by atoms with van der Waals surface area (Å²) in [5, 5.41) is 12.4. The Morgan fingerprint density at radius 1 is 1.11 bits per heavy atom. The fourth-order valence-electron chi connectivity index (χ4n) is 3.58. The summed E-state index contributed by atoms with van der Waals surface area (Å²) < 4.78 is 8.19. The lowest BCUT2D eigenvalue weighted by Crippen LogP contribution is -2.22. The number of nitrogens with zero attached hydrogens (tertiary/aromatic N) is 4. The molecule has 0 saturated carbocycles. The van der Waals surface area contributed by atoms with Crippen LogP contribution in [0.15, 0.2) is 48.7 Å². The molecular formula is C22H27N5O. The minimum atomic E-state index is 0.150. The molecule has 6 heteroatoms. The van der Waals surface area contributed by atoms with Gasteiger partial charge in [0.1, 0.15) is 24.0 Å². The maximum Gasteiger partial charge on any atom is 0.149 e. The molecular weight excluding hydrogens is 350 g/mol. The lowest BCUT2D eigenvalue weighted by molar-refractivity contribution is 0.301. The maximum atomic E-state index is 5.88. The molecule has 0 radical (unpaired) electrons. The topological polar surface area (TPSA) is 64.9 Å². The van der Waals surface area contributed by atoms with Crippen molar-refractivity contribution in [2.75, 3.05) is 0 Å². The Morgan fingerprint density at radius 2 is 2.07 bits per heavy atom. The van der Waals surface area contributed by atoms with Gasteiger partial charge in [0.15, 0.2) is 0 Å². The van der Waals surface area contributed by atoms with Gasteiger partial charge in [-0.2, -0.15) is 0 Å². The first-order valence-electron chi connectivity index (χ1n) is 10.1. The molecule has 1 aliphatic rings. The molecule has 1 atom stereocenters. The number of benzene rings is 1. The quantitative estimate of drug-likeness (QED) is 0.678. The van der Waals surface area contributed by atoms with Gasteiger partial charge < -0.3 is 14.6 Å². The van der Waals surface area contributed by atoms with Crippen LogP contribution in [0.3, 0.4) is 0 Å². The molecule has 0 fully saturated rings. The van der Waals surface area contributed by atoms with Gasteiger partial charge in [-0.05, 0) is 49.6 Å². The smallest absolute Gasteiger partial charge is 0.149 e. The Labute approximate surface area is 166 Å². The molecule has 4 rings (SSSR count). The Morgan fingerprint density at radius 3 is 2.96 bits per heavy atom. The summed E-state index contributed by atoms with van der Waals surface area (Å²) in [6, 6.07) is 14.2. The van der Waals surface area contributed by atoms with E-state index in [2.05, 4.69) is 44.1 Å². The molecule has 0 bridgehead atoms. The van der Waals surface area contributed by atoms with Gasteiger partial charge >= 0.3 is 0 Å². The van der Waals surface area contributed by atoms with Crippen molar-refractivity contribution in [1.29, 1.82) is 0 Å². The Kier molecular flexibility index (Phi) is 5.97. The van der Waals surface area contributed by atoms with Gasteiger partial charge in [0, 0.05) is 25.7 Å². The van der Waals surface area contributed by atoms with Crippen LogP contribution in [-0.2, 0) is 26.1 Å². The zero-order valence-electron chi connectivity index (χ0n) is 16.3. The number of nitrogens with one attached hydrogen (secondary N) is 1. The highest BCUT2D eigenvalue weighted by Gasteiger charge is 2.18. The second-order valence-corrected chi connectivity index (χ2v) is 7.30. The molecule has 3 aromatic rings. The average molecular weight is 377 g/mol. The van der Waals surface area contributed by atoms with Gasteiger partial charge in [0.2, 0.25) is 0 Å². The number of hydrogen-bond donors (Lipinski definition) is 1. The van der Waals surface area contributed by atoms with Crippen molar-refractivity contribution in [3.05, 3.63) is 71.6 Å². The van der Waals surface area contributed by atoms with Crippen molar-refractivity contribution in [3.63, 3.8) is 0 Å². The molecule has 28 heavy (non-hydrogen) atoms. The molecule has 0 saturated heterocycles. The van der Waals surface area contributed by atoms with Gasteiger partial charge in [-0.3, -0.25) is 4.98 Å². The highest BCUT2D eigenvalue weighted by atomic mass is 16.5. The fourth-order valence-corrected chi connectivity index (χ4v) is 3.58. The van der Waals surface area contributed by atoms with E-state index in [1.54, 1.807) is 6.20 Å². The molecule has 1 aliphatic heterocycles.